The van der Waals surface area contributed by atoms with Gasteiger partial charge >= 0.3 is 0 Å². The van der Waals surface area contributed by atoms with Crippen LogP contribution in [0.3, 0.4) is 0 Å². The number of pyridine rings is 1. The first-order chi connectivity index (χ1) is 32.2. The minimum Gasteiger partial charge on any atom is -0.247 e. The Morgan fingerprint density at radius 2 is 0.969 bits per heavy atom. The van der Waals surface area contributed by atoms with E-state index in [1.807, 2.05) is 30.0 Å². The van der Waals surface area contributed by atoms with E-state index in [1.165, 1.54) is 64.0 Å². The zero-order valence-electron chi connectivity index (χ0n) is 34.7. The zero-order chi connectivity index (χ0) is 42.6. The topological polar surface area (TPSA) is 51.6 Å². The third-order valence-electron chi connectivity index (χ3n) is 13.4. The molecule has 12 aromatic rings. The standard InChI is InChI=1S/C59H34N4S2/c1-3-16-35(17-4-1)54-42-32-33-47-53(40-21-7-9-24-44(40)59(47)45-25-10-13-28-50(45)64-51-29-14-11-26-46(51)59)52(42)41-31-30-37(34-48(41)60-54)57-61-56(36-18-5-2-6-19-36)62-58(63-57)43-23-15-22-39-38-20-8-12-27-49(38)65-55(39)43/h1-34H. The number of benzene rings is 9. The molecule has 4 heterocycles. The summed E-state index contributed by atoms with van der Waals surface area (Å²) in [7, 11) is 0. The molecule has 9 aromatic carbocycles. The molecule has 6 heteroatoms. The summed E-state index contributed by atoms with van der Waals surface area (Å²) in [6.45, 7) is 0. The van der Waals surface area contributed by atoms with Gasteiger partial charge in [-0.05, 0) is 63.7 Å². The van der Waals surface area contributed by atoms with E-state index in [0.29, 0.717) is 17.5 Å². The second-order valence-corrected chi connectivity index (χ2v) is 18.9. The van der Waals surface area contributed by atoms with Crippen molar-refractivity contribution in [2.75, 3.05) is 0 Å². The third kappa shape index (κ3) is 5.32. The molecule has 4 nitrogen and oxygen atoms in total. The highest BCUT2D eigenvalue weighted by Crippen LogP contribution is 2.63. The van der Waals surface area contributed by atoms with E-state index in [-0.39, 0.29) is 0 Å². The Bertz CT molecular complexity index is 3890. The van der Waals surface area contributed by atoms with Crippen molar-refractivity contribution < 1.29 is 0 Å². The van der Waals surface area contributed by atoms with E-state index in [1.54, 1.807) is 11.3 Å². The summed E-state index contributed by atoms with van der Waals surface area (Å²) < 4.78 is 2.41. The average Bonchev–Trinajstić information content (AvgIpc) is 3.90. The molecule has 65 heavy (non-hydrogen) atoms. The Morgan fingerprint density at radius 1 is 0.369 bits per heavy atom. The van der Waals surface area contributed by atoms with Crippen molar-refractivity contribution in [3.8, 4) is 56.5 Å². The Labute approximate surface area is 383 Å². The molecule has 302 valence electrons. The van der Waals surface area contributed by atoms with Gasteiger partial charge in [-0.25, -0.2) is 19.9 Å². The van der Waals surface area contributed by atoms with E-state index in [0.717, 1.165) is 48.9 Å². The number of hydrogen-bond acceptors (Lipinski definition) is 6. The Kier molecular flexibility index (Phi) is 7.97. The van der Waals surface area contributed by atoms with Gasteiger partial charge in [-0.3, -0.25) is 0 Å². The predicted molar refractivity (Wildman–Crippen MR) is 269 cm³/mol. The van der Waals surface area contributed by atoms with Crippen LogP contribution in [0, 0.1) is 0 Å². The monoisotopic (exact) mass is 862 g/mol. The molecule has 0 bridgehead atoms. The third-order valence-corrected chi connectivity index (χ3v) is 15.8. The van der Waals surface area contributed by atoms with Crippen molar-refractivity contribution in [2.24, 2.45) is 0 Å². The zero-order valence-corrected chi connectivity index (χ0v) is 36.4. The first kappa shape index (κ1) is 36.7. The van der Waals surface area contributed by atoms with Crippen LogP contribution in [0.1, 0.15) is 22.3 Å². The van der Waals surface area contributed by atoms with E-state index in [4.69, 9.17) is 19.9 Å². The second kappa shape index (κ2) is 14.1. The van der Waals surface area contributed by atoms with Crippen molar-refractivity contribution in [1.82, 2.24) is 19.9 Å². The van der Waals surface area contributed by atoms with Gasteiger partial charge in [-0.15, -0.1) is 11.3 Å². The fraction of sp³-hybridized carbons (Fsp3) is 0.0169. The summed E-state index contributed by atoms with van der Waals surface area (Å²) in [6, 6.07) is 74.3. The number of aromatic nitrogens is 4. The number of rotatable bonds is 4. The van der Waals surface area contributed by atoms with Crippen LogP contribution in [0.5, 0.6) is 0 Å². The van der Waals surface area contributed by atoms with Crippen molar-refractivity contribution in [1.29, 1.82) is 0 Å². The highest BCUT2D eigenvalue weighted by Gasteiger charge is 2.50. The molecule has 1 aliphatic heterocycles. The number of hydrogen-bond donors (Lipinski definition) is 0. The molecule has 0 N–H and O–H groups in total. The molecule has 0 radical (unpaired) electrons. The van der Waals surface area contributed by atoms with Gasteiger partial charge in [0.25, 0.3) is 0 Å². The number of thiophene rings is 1. The van der Waals surface area contributed by atoms with Gasteiger partial charge in [0.05, 0.1) is 16.6 Å². The van der Waals surface area contributed by atoms with Gasteiger partial charge in [-0.1, -0.05) is 188 Å². The summed E-state index contributed by atoms with van der Waals surface area (Å²) in [6.07, 6.45) is 0. The van der Waals surface area contributed by atoms with Gasteiger partial charge in [0.2, 0.25) is 0 Å². The van der Waals surface area contributed by atoms with Crippen LogP contribution in [0.2, 0.25) is 0 Å². The van der Waals surface area contributed by atoms with Crippen LogP contribution in [-0.4, -0.2) is 19.9 Å². The van der Waals surface area contributed by atoms with E-state index in [9.17, 15) is 0 Å². The van der Waals surface area contributed by atoms with Crippen LogP contribution < -0.4 is 0 Å². The van der Waals surface area contributed by atoms with Crippen molar-refractivity contribution in [3.05, 3.63) is 229 Å². The van der Waals surface area contributed by atoms with Crippen LogP contribution in [0.4, 0.5) is 0 Å². The Morgan fingerprint density at radius 3 is 1.75 bits per heavy atom. The Hall–Kier alpha value is -7.77. The maximum absolute atomic E-state index is 5.57. The van der Waals surface area contributed by atoms with E-state index in [2.05, 4.69) is 188 Å². The van der Waals surface area contributed by atoms with Crippen LogP contribution in [0.25, 0.3) is 98.4 Å². The molecule has 2 aliphatic rings. The summed E-state index contributed by atoms with van der Waals surface area (Å²) in [5, 5.41) is 5.86. The van der Waals surface area contributed by atoms with Crippen LogP contribution in [0.15, 0.2) is 216 Å². The molecule has 0 fully saturated rings. The highest BCUT2D eigenvalue weighted by atomic mass is 32.2. The molecule has 1 spiro atoms. The van der Waals surface area contributed by atoms with Gasteiger partial charge in [0.15, 0.2) is 17.5 Å². The molecular formula is C59H34N4S2. The Balaban J connectivity index is 1.05. The lowest BCUT2D eigenvalue weighted by atomic mass is 9.67. The maximum atomic E-state index is 5.57. The predicted octanol–water partition coefficient (Wildman–Crippen LogP) is 15.4. The lowest BCUT2D eigenvalue weighted by Gasteiger charge is -2.39. The fourth-order valence-electron chi connectivity index (χ4n) is 10.7. The number of fused-ring (bicyclic) bond motifs is 16. The summed E-state index contributed by atoms with van der Waals surface area (Å²) in [5.41, 5.74) is 13.0. The van der Waals surface area contributed by atoms with Gasteiger partial charge in [-0.2, -0.15) is 0 Å². The first-order valence-corrected chi connectivity index (χ1v) is 23.5. The summed E-state index contributed by atoms with van der Waals surface area (Å²) in [4.78, 5) is 23.9. The number of nitrogens with zero attached hydrogens (tertiary/aromatic N) is 4. The molecule has 0 unspecified atom stereocenters. The molecule has 3 aromatic heterocycles. The highest BCUT2D eigenvalue weighted by molar-refractivity contribution is 7.99. The quantitative estimate of drug-likeness (QED) is 0.165. The smallest absolute Gasteiger partial charge is 0.165 e. The molecule has 0 saturated carbocycles. The molecular weight excluding hydrogens is 829 g/mol. The molecule has 1 aliphatic carbocycles. The molecule has 0 atom stereocenters. The van der Waals surface area contributed by atoms with Gasteiger partial charge in [0.1, 0.15) is 0 Å². The van der Waals surface area contributed by atoms with Gasteiger partial charge in [0, 0.05) is 68.4 Å². The second-order valence-electron chi connectivity index (χ2n) is 16.8. The average molecular weight is 863 g/mol. The normalized spacial score (nSPS) is 13.3. The van der Waals surface area contributed by atoms with Crippen LogP contribution in [-0.2, 0) is 5.41 Å². The molecule has 0 amide bonds. The first-order valence-electron chi connectivity index (χ1n) is 21.9. The minimum absolute atomic E-state index is 0.493. The SMILES string of the molecule is c1ccc(-c2nc(-c3ccc4c(c3)nc(-c3ccccc3)c3ccc5c(c34)-c3ccccc3C53c4ccccc4Sc4ccccc43)nc(-c3cccc4c3sc3ccccc34)n2)cc1. The summed E-state index contributed by atoms with van der Waals surface area (Å²) >= 11 is 3.66. The minimum atomic E-state index is -0.493. The largest absolute Gasteiger partial charge is 0.247 e. The van der Waals surface area contributed by atoms with Gasteiger partial charge < -0.3 is 0 Å². The molecule has 14 rings (SSSR count). The van der Waals surface area contributed by atoms with E-state index < -0.39 is 5.41 Å². The van der Waals surface area contributed by atoms with E-state index >= 15 is 0 Å². The van der Waals surface area contributed by atoms with Crippen molar-refractivity contribution in [2.45, 2.75) is 15.2 Å². The van der Waals surface area contributed by atoms with Crippen LogP contribution >= 0.6 is 23.1 Å². The lowest BCUT2D eigenvalue weighted by molar-refractivity contribution is 0.723. The van der Waals surface area contributed by atoms with Crippen molar-refractivity contribution >= 4 is 64.9 Å². The fourth-order valence-corrected chi connectivity index (χ4v) is 13.1. The lowest BCUT2D eigenvalue weighted by Crippen LogP contribution is -2.31. The summed E-state index contributed by atoms with van der Waals surface area (Å²) in [5.74, 6) is 1.88. The molecule has 0 saturated heterocycles. The maximum Gasteiger partial charge on any atom is 0.165 e. The van der Waals surface area contributed by atoms with Crippen molar-refractivity contribution in [3.63, 3.8) is 0 Å².